The lowest BCUT2D eigenvalue weighted by Gasteiger charge is -2.03. The molecule has 0 spiro atoms. The van der Waals surface area contributed by atoms with Crippen LogP contribution in [0.4, 0.5) is 5.82 Å². The maximum atomic E-state index is 5.21. The van der Waals surface area contributed by atoms with Gasteiger partial charge in [-0.2, -0.15) is 0 Å². The van der Waals surface area contributed by atoms with Crippen molar-refractivity contribution < 1.29 is 4.74 Å². The van der Waals surface area contributed by atoms with E-state index in [1.54, 1.807) is 7.11 Å². The SMILES string of the molecule is COc1ccc(-c2nc3ncnc(NCc4nc5ccccc5[nH]4)c3[nH]2)cc1. The molecule has 3 heterocycles. The molecule has 8 heteroatoms. The molecular weight excluding hydrogens is 354 g/mol. The molecule has 0 unspecified atom stereocenters. The molecule has 0 saturated heterocycles. The lowest BCUT2D eigenvalue weighted by Crippen LogP contribution is -2.04. The van der Waals surface area contributed by atoms with E-state index in [1.807, 2.05) is 48.5 Å². The number of H-pyrrole nitrogens is 2. The van der Waals surface area contributed by atoms with Crippen molar-refractivity contribution in [3.63, 3.8) is 0 Å². The van der Waals surface area contributed by atoms with Gasteiger partial charge in [-0.25, -0.2) is 19.9 Å². The summed E-state index contributed by atoms with van der Waals surface area (Å²) in [5, 5.41) is 3.31. The lowest BCUT2D eigenvalue weighted by atomic mass is 10.2. The highest BCUT2D eigenvalue weighted by atomic mass is 16.5. The molecule has 3 aromatic heterocycles. The minimum absolute atomic E-state index is 0.512. The van der Waals surface area contributed by atoms with Crippen LogP contribution >= 0.6 is 0 Å². The Labute approximate surface area is 160 Å². The fourth-order valence-corrected chi connectivity index (χ4v) is 3.10. The summed E-state index contributed by atoms with van der Waals surface area (Å²) < 4.78 is 5.21. The van der Waals surface area contributed by atoms with Gasteiger partial charge in [0.15, 0.2) is 11.5 Å². The first kappa shape index (κ1) is 16.2. The smallest absolute Gasteiger partial charge is 0.183 e. The Kier molecular flexibility index (Phi) is 3.86. The van der Waals surface area contributed by atoms with E-state index in [1.165, 1.54) is 6.33 Å². The number of anilines is 1. The van der Waals surface area contributed by atoms with Gasteiger partial charge in [0.2, 0.25) is 0 Å². The molecule has 0 aliphatic carbocycles. The fraction of sp³-hybridized carbons (Fsp3) is 0.100. The summed E-state index contributed by atoms with van der Waals surface area (Å²) in [5.74, 6) is 3.04. The second-order valence-electron chi connectivity index (χ2n) is 6.29. The Balaban J connectivity index is 1.43. The van der Waals surface area contributed by atoms with E-state index in [2.05, 4.69) is 35.2 Å². The number of hydrogen-bond acceptors (Lipinski definition) is 6. The topological polar surface area (TPSA) is 104 Å². The third-order valence-electron chi connectivity index (χ3n) is 4.51. The molecule has 28 heavy (non-hydrogen) atoms. The normalized spacial score (nSPS) is 11.2. The molecule has 0 saturated carbocycles. The fourth-order valence-electron chi connectivity index (χ4n) is 3.10. The van der Waals surface area contributed by atoms with Crippen molar-refractivity contribution in [3.8, 4) is 17.1 Å². The largest absolute Gasteiger partial charge is 0.497 e. The van der Waals surface area contributed by atoms with Gasteiger partial charge in [-0.3, -0.25) is 0 Å². The first-order chi connectivity index (χ1) is 13.8. The van der Waals surface area contributed by atoms with Gasteiger partial charge < -0.3 is 20.0 Å². The van der Waals surface area contributed by atoms with Crippen molar-refractivity contribution in [3.05, 3.63) is 60.7 Å². The number of aromatic amines is 2. The van der Waals surface area contributed by atoms with Crippen LogP contribution in [0.2, 0.25) is 0 Å². The standard InChI is InChI=1S/C20H17N7O/c1-28-13-8-6-12(7-9-13)18-26-17-19(22-11-23-20(17)27-18)21-10-16-24-14-4-2-3-5-15(14)25-16/h2-9,11H,10H2,1H3,(H,24,25)(H2,21,22,23,26,27). The van der Waals surface area contributed by atoms with Gasteiger partial charge in [-0.1, -0.05) is 12.1 Å². The van der Waals surface area contributed by atoms with Crippen molar-refractivity contribution in [2.24, 2.45) is 0 Å². The molecule has 0 bridgehead atoms. The minimum atomic E-state index is 0.512. The summed E-state index contributed by atoms with van der Waals surface area (Å²) in [4.78, 5) is 24.4. The monoisotopic (exact) mass is 371 g/mol. The number of methoxy groups -OCH3 is 1. The Morgan fingerprint density at radius 1 is 0.964 bits per heavy atom. The highest BCUT2D eigenvalue weighted by Gasteiger charge is 2.12. The van der Waals surface area contributed by atoms with Crippen molar-refractivity contribution in [1.82, 2.24) is 29.9 Å². The predicted molar refractivity (Wildman–Crippen MR) is 107 cm³/mol. The Hall–Kier alpha value is -3.94. The van der Waals surface area contributed by atoms with Crippen molar-refractivity contribution in [2.45, 2.75) is 6.54 Å². The van der Waals surface area contributed by atoms with E-state index < -0.39 is 0 Å². The molecule has 8 nitrogen and oxygen atoms in total. The van der Waals surface area contributed by atoms with Crippen LogP contribution in [0.5, 0.6) is 5.75 Å². The number of aromatic nitrogens is 6. The quantitative estimate of drug-likeness (QED) is 0.437. The number of fused-ring (bicyclic) bond motifs is 2. The van der Waals surface area contributed by atoms with Crippen LogP contribution in [0.15, 0.2) is 54.9 Å². The zero-order valence-corrected chi connectivity index (χ0v) is 15.1. The van der Waals surface area contributed by atoms with Crippen LogP contribution in [0, 0.1) is 0 Å². The van der Waals surface area contributed by atoms with Gasteiger partial charge in [-0.05, 0) is 36.4 Å². The number of hydrogen-bond donors (Lipinski definition) is 3. The zero-order valence-electron chi connectivity index (χ0n) is 15.1. The lowest BCUT2D eigenvalue weighted by molar-refractivity contribution is 0.415. The Morgan fingerprint density at radius 2 is 1.82 bits per heavy atom. The van der Waals surface area contributed by atoms with E-state index in [9.17, 15) is 0 Å². The van der Waals surface area contributed by atoms with Gasteiger partial charge in [0.05, 0.1) is 24.7 Å². The summed E-state index contributed by atoms with van der Waals surface area (Å²) in [6, 6.07) is 15.6. The molecule has 0 atom stereocenters. The van der Waals surface area contributed by atoms with Gasteiger partial charge in [0, 0.05) is 5.56 Å². The molecule has 138 valence electrons. The van der Waals surface area contributed by atoms with Gasteiger partial charge in [0.25, 0.3) is 0 Å². The molecule has 0 aliphatic heterocycles. The number of imidazole rings is 2. The number of nitrogens with zero attached hydrogens (tertiary/aromatic N) is 4. The Morgan fingerprint density at radius 3 is 2.64 bits per heavy atom. The number of nitrogens with one attached hydrogen (secondary N) is 3. The zero-order chi connectivity index (χ0) is 18.9. The van der Waals surface area contributed by atoms with E-state index >= 15 is 0 Å². The first-order valence-corrected chi connectivity index (χ1v) is 8.83. The molecule has 3 N–H and O–H groups in total. The maximum absolute atomic E-state index is 5.21. The van der Waals surface area contributed by atoms with Crippen LogP contribution in [-0.2, 0) is 6.54 Å². The van der Waals surface area contributed by atoms with Gasteiger partial charge in [0.1, 0.15) is 29.2 Å². The third-order valence-corrected chi connectivity index (χ3v) is 4.51. The summed E-state index contributed by atoms with van der Waals surface area (Å²) in [6.45, 7) is 0.512. The summed E-state index contributed by atoms with van der Waals surface area (Å²) in [5.41, 5.74) is 4.25. The second-order valence-corrected chi connectivity index (χ2v) is 6.29. The van der Waals surface area contributed by atoms with Crippen LogP contribution in [0.25, 0.3) is 33.6 Å². The molecule has 5 aromatic rings. The average Bonchev–Trinajstić information content (AvgIpc) is 3.36. The van der Waals surface area contributed by atoms with Crippen LogP contribution in [0.1, 0.15) is 5.82 Å². The average molecular weight is 371 g/mol. The van der Waals surface area contributed by atoms with E-state index in [-0.39, 0.29) is 0 Å². The van der Waals surface area contributed by atoms with E-state index in [0.717, 1.165) is 39.5 Å². The van der Waals surface area contributed by atoms with E-state index in [4.69, 9.17) is 4.74 Å². The Bertz CT molecular complexity index is 1220. The summed E-state index contributed by atoms with van der Waals surface area (Å²) in [7, 11) is 1.64. The molecule has 5 rings (SSSR count). The summed E-state index contributed by atoms with van der Waals surface area (Å²) >= 11 is 0. The number of rotatable bonds is 5. The molecule has 0 aliphatic rings. The van der Waals surface area contributed by atoms with Crippen molar-refractivity contribution in [1.29, 1.82) is 0 Å². The van der Waals surface area contributed by atoms with E-state index in [0.29, 0.717) is 18.0 Å². The summed E-state index contributed by atoms with van der Waals surface area (Å²) in [6.07, 6.45) is 1.50. The molecule has 0 fully saturated rings. The van der Waals surface area contributed by atoms with Gasteiger partial charge >= 0.3 is 0 Å². The molecule has 2 aromatic carbocycles. The van der Waals surface area contributed by atoms with Crippen LogP contribution in [0.3, 0.4) is 0 Å². The van der Waals surface area contributed by atoms with Crippen LogP contribution in [-0.4, -0.2) is 37.0 Å². The third kappa shape index (κ3) is 2.90. The number of para-hydroxylation sites is 2. The molecule has 0 radical (unpaired) electrons. The minimum Gasteiger partial charge on any atom is -0.497 e. The molecular formula is C20H17N7O. The predicted octanol–water partition coefficient (Wildman–Crippen LogP) is 3.52. The highest BCUT2D eigenvalue weighted by molar-refractivity contribution is 5.85. The highest BCUT2D eigenvalue weighted by Crippen LogP contribution is 2.24. The van der Waals surface area contributed by atoms with Crippen molar-refractivity contribution >= 4 is 28.0 Å². The number of benzene rings is 2. The molecule has 0 amide bonds. The first-order valence-electron chi connectivity index (χ1n) is 8.83. The number of ether oxygens (including phenoxy) is 1. The van der Waals surface area contributed by atoms with Gasteiger partial charge in [-0.15, -0.1) is 0 Å². The van der Waals surface area contributed by atoms with Crippen LogP contribution < -0.4 is 10.1 Å². The maximum Gasteiger partial charge on any atom is 0.183 e. The second kappa shape index (κ2) is 6.66. The van der Waals surface area contributed by atoms with Crippen molar-refractivity contribution in [2.75, 3.05) is 12.4 Å².